The Morgan fingerprint density at radius 1 is 1.13 bits per heavy atom. The van der Waals surface area contributed by atoms with Gasteiger partial charge in [-0.15, -0.1) is 0 Å². The number of benzene rings is 2. The Bertz CT molecular complexity index is 828. The van der Waals surface area contributed by atoms with E-state index in [4.69, 9.17) is 11.6 Å². The highest BCUT2D eigenvalue weighted by molar-refractivity contribution is 6.30. The van der Waals surface area contributed by atoms with Gasteiger partial charge < -0.3 is 9.88 Å². The molecular weight excluding hydrogens is 320 g/mol. The molecule has 0 saturated carbocycles. The first-order valence-corrected chi connectivity index (χ1v) is 7.38. The maximum absolute atomic E-state index is 13.6. The summed E-state index contributed by atoms with van der Waals surface area (Å²) in [5, 5.41) is 3.72. The van der Waals surface area contributed by atoms with Crippen molar-refractivity contribution in [3.8, 4) is 11.3 Å². The van der Waals surface area contributed by atoms with Gasteiger partial charge in [-0.2, -0.15) is 0 Å². The lowest BCUT2D eigenvalue weighted by Gasteiger charge is -2.09. The minimum atomic E-state index is -0.590. The molecule has 1 aromatic heterocycles. The van der Waals surface area contributed by atoms with Crippen molar-refractivity contribution >= 4 is 17.5 Å². The molecule has 0 fully saturated rings. The number of halogens is 3. The van der Waals surface area contributed by atoms with Crippen molar-refractivity contribution in [2.24, 2.45) is 7.05 Å². The van der Waals surface area contributed by atoms with Crippen LogP contribution in [0, 0.1) is 11.6 Å². The van der Waals surface area contributed by atoms with Crippen molar-refractivity contribution in [3.05, 3.63) is 70.9 Å². The third-order valence-electron chi connectivity index (χ3n) is 3.58. The van der Waals surface area contributed by atoms with Crippen LogP contribution in [-0.4, -0.2) is 9.55 Å². The van der Waals surface area contributed by atoms with E-state index in [1.165, 1.54) is 12.1 Å². The molecule has 0 saturated heterocycles. The smallest absolute Gasteiger partial charge is 0.203 e. The highest BCUT2D eigenvalue weighted by Crippen LogP contribution is 2.24. The van der Waals surface area contributed by atoms with Crippen LogP contribution in [0.4, 0.5) is 14.7 Å². The topological polar surface area (TPSA) is 29.9 Å². The number of nitrogens with one attached hydrogen (secondary N) is 1. The molecule has 23 heavy (non-hydrogen) atoms. The van der Waals surface area contributed by atoms with Crippen LogP contribution in [0.5, 0.6) is 0 Å². The molecule has 0 atom stereocenters. The van der Waals surface area contributed by atoms with E-state index in [2.05, 4.69) is 10.3 Å². The van der Waals surface area contributed by atoms with Crippen LogP contribution in [0.1, 0.15) is 5.56 Å². The van der Waals surface area contributed by atoms with Gasteiger partial charge in [-0.05, 0) is 23.8 Å². The Morgan fingerprint density at radius 2 is 1.87 bits per heavy atom. The van der Waals surface area contributed by atoms with E-state index >= 15 is 0 Å². The minimum Gasteiger partial charge on any atom is -0.351 e. The molecule has 6 heteroatoms. The lowest BCUT2D eigenvalue weighted by molar-refractivity contribution is 0.574. The van der Waals surface area contributed by atoms with Gasteiger partial charge in [0.15, 0.2) is 0 Å². The Labute approximate surface area is 137 Å². The lowest BCUT2D eigenvalue weighted by Crippen LogP contribution is -2.07. The molecule has 3 rings (SSSR count). The molecule has 0 aliphatic rings. The highest BCUT2D eigenvalue weighted by Gasteiger charge is 2.10. The molecule has 0 spiro atoms. The maximum Gasteiger partial charge on any atom is 0.203 e. The fourth-order valence-corrected chi connectivity index (χ4v) is 2.43. The van der Waals surface area contributed by atoms with Gasteiger partial charge in [0.2, 0.25) is 5.95 Å². The van der Waals surface area contributed by atoms with Gasteiger partial charge in [-0.3, -0.25) is 0 Å². The zero-order chi connectivity index (χ0) is 16.4. The largest absolute Gasteiger partial charge is 0.351 e. The van der Waals surface area contributed by atoms with Crippen LogP contribution < -0.4 is 5.32 Å². The van der Waals surface area contributed by atoms with Crippen molar-refractivity contribution in [2.75, 3.05) is 5.32 Å². The number of hydrogen-bond acceptors (Lipinski definition) is 2. The summed E-state index contributed by atoms with van der Waals surface area (Å²) in [5.41, 5.74) is 2.26. The lowest BCUT2D eigenvalue weighted by atomic mass is 10.2. The number of aromatic nitrogens is 2. The molecular formula is C17H14ClF2N3. The fraction of sp³-hybridized carbons (Fsp3) is 0.118. The van der Waals surface area contributed by atoms with Gasteiger partial charge in [-0.25, -0.2) is 13.8 Å². The van der Waals surface area contributed by atoms with Crippen LogP contribution in [0.3, 0.4) is 0 Å². The number of nitrogens with zero attached hydrogens (tertiary/aromatic N) is 2. The molecule has 3 nitrogen and oxygen atoms in total. The summed E-state index contributed by atoms with van der Waals surface area (Å²) in [4.78, 5) is 4.30. The van der Waals surface area contributed by atoms with E-state index in [0.29, 0.717) is 16.5 Å². The van der Waals surface area contributed by atoms with Gasteiger partial charge in [0.1, 0.15) is 11.6 Å². The zero-order valence-corrected chi connectivity index (χ0v) is 13.1. The molecule has 0 radical (unpaired) electrons. The Hall–Kier alpha value is -2.40. The summed E-state index contributed by atoms with van der Waals surface area (Å²) < 4.78 is 28.4. The van der Waals surface area contributed by atoms with E-state index in [-0.39, 0.29) is 6.54 Å². The zero-order valence-electron chi connectivity index (χ0n) is 12.4. The molecule has 0 unspecified atom stereocenters. The Morgan fingerprint density at radius 3 is 2.57 bits per heavy atom. The first-order chi connectivity index (χ1) is 11.0. The summed E-state index contributed by atoms with van der Waals surface area (Å²) in [6.45, 7) is 0.219. The molecule has 2 aromatic carbocycles. The quantitative estimate of drug-likeness (QED) is 0.754. The molecule has 0 bridgehead atoms. The van der Waals surface area contributed by atoms with E-state index in [0.717, 1.165) is 17.3 Å². The van der Waals surface area contributed by atoms with Crippen molar-refractivity contribution < 1.29 is 8.78 Å². The third kappa shape index (κ3) is 3.35. The van der Waals surface area contributed by atoms with Gasteiger partial charge in [0.05, 0.1) is 11.9 Å². The summed E-state index contributed by atoms with van der Waals surface area (Å²) >= 11 is 5.89. The predicted molar refractivity (Wildman–Crippen MR) is 87.3 cm³/mol. The SMILES string of the molecule is Cn1c(-c2ccc(Cl)cc2)cnc1NCc1ccc(F)cc1F. The highest BCUT2D eigenvalue weighted by atomic mass is 35.5. The summed E-state index contributed by atoms with van der Waals surface area (Å²) in [7, 11) is 1.86. The summed E-state index contributed by atoms with van der Waals surface area (Å²) in [5.74, 6) is -0.573. The third-order valence-corrected chi connectivity index (χ3v) is 3.83. The molecule has 0 aliphatic carbocycles. The van der Waals surface area contributed by atoms with E-state index in [1.54, 1.807) is 6.20 Å². The molecule has 1 N–H and O–H groups in total. The second kappa shape index (κ2) is 6.38. The molecule has 0 aliphatic heterocycles. The maximum atomic E-state index is 13.6. The summed E-state index contributed by atoms with van der Waals surface area (Å²) in [6, 6.07) is 11.0. The molecule has 3 aromatic rings. The monoisotopic (exact) mass is 333 g/mol. The van der Waals surface area contributed by atoms with Crippen molar-refractivity contribution in [1.82, 2.24) is 9.55 Å². The van der Waals surface area contributed by atoms with Crippen molar-refractivity contribution in [2.45, 2.75) is 6.54 Å². The number of anilines is 1. The van der Waals surface area contributed by atoms with E-state index < -0.39 is 11.6 Å². The van der Waals surface area contributed by atoms with Crippen molar-refractivity contribution in [1.29, 1.82) is 0 Å². The number of rotatable bonds is 4. The standard InChI is InChI=1S/C17H14ClF2N3/c1-23-16(11-2-5-13(18)6-3-11)10-22-17(23)21-9-12-4-7-14(19)8-15(12)20/h2-8,10H,9H2,1H3,(H,21,22). The van der Waals surface area contributed by atoms with Crippen molar-refractivity contribution in [3.63, 3.8) is 0 Å². The Kier molecular flexibility index (Phi) is 4.30. The van der Waals surface area contributed by atoms with Crippen LogP contribution >= 0.6 is 11.6 Å². The number of imidazole rings is 1. The molecule has 0 amide bonds. The normalized spacial score (nSPS) is 10.8. The van der Waals surface area contributed by atoms with Gasteiger partial charge in [0.25, 0.3) is 0 Å². The average molecular weight is 334 g/mol. The average Bonchev–Trinajstić information content (AvgIpc) is 2.88. The van der Waals surface area contributed by atoms with Gasteiger partial charge >= 0.3 is 0 Å². The van der Waals surface area contributed by atoms with Crippen LogP contribution in [0.2, 0.25) is 5.02 Å². The number of hydrogen-bond donors (Lipinski definition) is 1. The molecule has 118 valence electrons. The van der Waals surface area contributed by atoms with E-state index in [1.807, 2.05) is 35.9 Å². The Balaban J connectivity index is 1.78. The first kappa shape index (κ1) is 15.5. The second-order valence-corrected chi connectivity index (χ2v) is 5.56. The molecule has 1 heterocycles. The predicted octanol–water partition coefficient (Wildman–Crippen LogP) is 4.63. The minimum absolute atomic E-state index is 0.219. The van der Waals surface area contributed by atoms with Crippen LogP contribution in [0.25, 0.3) is 11.3 Å². The fourth-order valence-electron chi connectivity index (χ4n) is 2.30. The van der Waals surface area contributed by atoms with Gasteiger partial charge in [-0.1, -0.05) is 29.8 Å². The summed E-state index contributed by atoms with van der Waals surface area (Å²) in [6.07, 6.45) is 1.73. The van der Waals surface area contributed by atoms with Crippen LogP contribution in [0.15, 0.2) is 48.7 Å². The van der Waals surface area contributed by atoms with E-state index in [9.17, 15) is 8.78 Å². The first-order valence-electron chi connectivity index (χ1n) is 7.00. The van der Waals surface area contributed by atoms with Gasteiger partial charge in [0, 0.05) is 30.2 Å². The second-order valence-electron chi connectivity index (χ2n) is 5.12. The van der Waals surface area contributed by atoms with Crippen LogP contribution in [-0.2, 0) is 13.6 Å².